The lowest BCUT2D eigenvalue weighted by Gasteiger charge is -2.15. The predicted molar refractivity (Wildman–Crippen MR) is 97.8 cm³/mol. The Balaban J connectivity index is 1.48. The molecule has 0 aliphatic carbocycles. The highest BCUT2D eigenvalue weighted by Gasteiger charge is 2.30. The molecule has 3 aromatic rings. The summed E-state index contributed by atoms with van der Waals surface area (Å²) in [6.45, 7) is 1.95. The van der Waals surface area contributed by atoms with Crippen molar-refractivity contribution in [1.29, 1.82) is 0 Å². The number of pyridine rings is 1. The fourth-order valence-corrected chi connectivity index (χ4v) is 2.30. The molecular weight excluding hydrogens is 371 g/mol. The molecule has 2 aromatic carbocycles. The molecule has 1 aromatic heterocycles. The number of hydrogen-bond donors (Lipinski definition) is 0. The van der Waals surface area contributed by atoms with E-state index in [9.17, 15) is 13.2 Å². The molecular formula is C21H18F3NO3. The lowest BCUT2D eigenvalue weighted by Crippen LogP contribution is -2.21. The van der Waals surface area contributed by atoms with Gasteiger partial charge in [0.05, 0.1) is 5.56 Å². The Morgan fingerprint density at radius 2 is 1.50 bits per heavy atom. The number of rotatable bonds is 7. The van der Waals surface area contributed by atoms with E-state index in [0.29, 0.717) is 11.5 Å². The van der Waals surface area contributed by atoms with Crippen LogP contribution in [0.1, 0.15) is 12.5 Å². The van der Waals surface area contributed by atoms with E-state index in [1.165, 1.54) is 6.07 Å². The molecule has 0 N–H and O–H groups in total. The van der Waals surface area contributed by atoms with Gasteiger partial charge in [-0.05, 0) is 49.4 Å². The van der Waals surface area contributed by atoms with E-state index < -0.39 is 17.8 Å². The number of aromatic nitrogens is 1. The molecule has 0 amide bonds. The molecule has 0 unspecified atom stereocenters. The molecule has 146 valence electrons. The maximum absolute atomic E-state index is 12.5. The van der Waals surface area contributed by atoms with Gasteiger partial charge in [-0.15, -0.1) is 0 Å². The first-order valence-electron chi connectivity index (χ1n) is 8.56. The molecule has 3 rings (SSSR count). The fraction of sp³-hybridized carbons (Fsp3) is 0.190. The Bertz CT molecular complexity index is 866. The summed E-state index contributed by atoms with van der Waals surface area (Å²) in [6.07, 6.45) is -4.07. The molecule has 0 aliphatic heterocycles. The van der Waals surface area contributed by atoms with Gasteiger partial charge in [-0.1, -0.05) is 18.2 Å². The SMILES string of the molecule is C[C@@H](COc1ccc(Oc2ccccc2)cc1)Oc1ccc(C(F)(F)F)cn1. The minimum absolute atomic E-state index is 0.107. The molecule has 0 bridgehead atoms. The van der Waals surface area contributed by atoms with Gasteiger partial charge in [-0.3, -0.25) is 0 Å². The zero-order valence-electron chi connectivity index (χ0n) is 15.0. The van der Waals surface area contributed by atoms with Crippen molar-refractivity contribution in [2.24, 2.45) is 0 Å². The van der Waals surface area contributed by atoms with Crippen LogP contribution in [-0.2, 0) is 6.18 Å². The molecule has 1 atom stereocenters. The van der Waals surface area contributed by atoms with Gasteiger partial charge >= 0.3 is 6.18 Å². The quantitative estimate of drug-likeness (QED) is 0.517. The Morgan fingerprint density at radius 3 is 2.11 bits per heavy atom. The molecule has 0 radical (unpaired) electrons. The molecule has 0 fully saturated rings. The maximum Gasteiger partial charge on any atom is 0.417 e. The van der Waals surface area contributed by atoms with Crippen LogP contribution >= 0.6 is 0 Å². The van der Waals surface area contributed by atoms with Crippen molar-refractivity contribution in [3.05, 3.63) is 78.5 Å². The first kappa shape index (κ1) is 19.5. The second-order valence-corrected chi connectivity index (χ2v) is 6.01. The number of para-hydroxylation sites is 1. The van der Waals surface area contributed by atoms with Gasteiger partial charge in [0.25, 0.3) is 0 Å². The van der Waals surface area contributed by atoms with Crippen LogP contribution in [0.4, 0.5) is 13.2 Å². The van der Waals surface area contributed by atoms with Gasteiger partial charge in [0, 0.05) is 12.3 Å². The third kappa shape index (κ3) is 5.64. The van der Waals surface area contributed by atoms with Crippen molar-refractivity contribution in [1.82, 2.24) is 4.98 Å². The minimum Gasteiger partial charge on any atom is -0.490 e. The Labute approximate surface area is 160 Å². The molecule has 28 heavy (non-hydrogen) atoms. The number of ether oxygens (including phenoxy) is 3. The normalized spacial score (nSPS) is 12.3. The number of hydrogen-bond acceptors (Lipinski definition) is 4. The van der Waals surface area contributed by atoms with E-state index in [-0.39, 0.29) is 12.5 Å². The van der Waals surface area contributed by atoms with Crippen LogP contribution in [-0.4, -0.2) is 17.7 Å². The number of halogens is 3. The summed E-state index contributed by atoms with van der Waals surface area (Å²) in [6, 6.07) is 18.6. The summed E-state index contributed by atoms with van der Waals surface area (Å²) in [4.78, 5) is 3.68. The summed E-state index contributed by atoms with van der Waals surface area (Å²) in [7, 11) is 0. The van der Waals surface area contributed by atoms with E-state index in [2.05, 4.69) is 4.98 Å². The van der Waals surface area contributed by atoms with Crippen LogP contribution in [0, 0.1) is 0 Å². The van der Waals surface area contributed by atoms with Gasteiger partial charge in [0.2, 0.25) is 5.88 Å². The number of benzene rings is 2. The number of nitrogens with zero attached hydrogens (tertiary/aromatic N) is 1. The Morgan fingerprint density at radius 1 is 0.857 bits per heavy atom. The van der Waals surface area contributed by atoms with E-state index in [1.807, 2.05) is 30.3 Å². The lowest BCUT2D eigenvalue weighted by molar-refractivity contribution is -0.137. The smallest absolute Gasteiger partial charge is 0.417 e. The van der Waals surface area contributed by atoms with Crippen molar-refractivity contribution in [3.8, 4) is 23.1 Å². The number of alkyl halides is 3. The molecule has 0 saturated carbocycles. The zero-order valence-corrected chi connectivity index (χ0v) is 15.0. The van der Waals surface area contributed by atoms with E-state index >= 15 is 0 Å². The van der Waals surface area contributed by atoms with Crippen LogP contribution in [0.15, 0.2) is 72.9 Å². The molecule has 0 spiro atoms. The van der Waals surface area contributed by atoms with Gasteiger partial charge in [0.15, 0.2) is 0 Å². The fourth-order valence-electron chi connectivity index (χ4n) is 2.30. The van der Waals surface area contributed by atoms with Crippen molar-refractivity contribution in [2.45, 2.75) is 19.2 Å². The third-order valence-electron chi connectivity index (χ3n) is 3.67. The topological polar surface area (TPSA) is 40.6 Å². The summed E-state index contributed by atoms with van der Waals surface area (Å²) in [5.41, 5.74) is -0.818. The molecule has 1 heterocycles. The van der Waals surface area contributed by atoms with E-state index in [0.717, 1.165) is 18.0 Å². The standard InChI is InChI=1S/C21H18F3NO3/c1-15(27-20-12-7-16(13-25-20)21(22,23)24)14-26-17-8-10-19(11-9-17)28-18-5-3-2-4-6-18/h2-13,15H,14H2,1H3/t15-/m0/s1. The van der Waals surface area contributed by atoms with E-state index in [4.69, 9.17) is 14.2 Å². The average Bonchev–Trinajstić information content (AvgIpc) is 2.68. The minimum atomic E-state index is -4.42. The summed E-state index contributed by atoms with van der Waals surface area (Å²) in [5, 5.41) is 0. The second-order valence-electron chi connectivity index (χ2n) is 6.01. The Hall–Kier alpha value is -3.22. The zero-order chi connectivity index (χ0) is 20.0. The van der Waals surface area contributed by atoms with Crippen molar-refractivity contribution >= 4 is 0 Å². The van der Waals surface area contributed by atoms with Crippen LogP contribution in [0.25, 0.3) is 0 Å². The maximum atomic E-state index is 12.5. The lowest BCUT2D eigenvalue weighted by atomic mass is 10.3. The van der Waals surface area contributed by atoms with Crippen LogP contribution in [0.5, 0.6) is 23.1 Å². The monoisotopic (exact) mass is 389 g/mol. The summed E-state index contributed by atoms with van der Waals surface area (Å²) in [5.74, 6) is 2.14. The Kier molecular flexibility index (Phi) is 6.03. The van der Waals surface area contributed by atoms with Crippen LogP contribution in [0.3, 0.4) is 0 Å². The molecule has 0 saturated heterocycles. The highest BCUT2D eigenvalue weighted by molar-refractivity contribution is 5.35. The largest absolute Gasteiger partial charge is 0.490 e. The van der Waals surface area contributed by atoms with Gasteiger partial charge in [0.1, 0.15) is 30.0 Å². The van der Waals surface area contributed by atoms with Crippen molar-refractivity contribution in [3.63, 3.8) is 0 Å². The van der Waals surface area contributed by atoms with Gasteiger partial charge in [-0.25, -0.2) is 4.98 Å². The molecule has 7 heteroatoms. The van der Waals surface area contributed by atoms with Crippen LogP contribution < -0.4 is 14.2 Å². The van der Waals surface area contributed by atoms with Gasteiger partial charge in [-0.2, -0.15) is 13.2 Å². The summed E-state index contributed by atoms with van der Waals surface area (Å²) >= 11 is 0. The average molecular weight is 389 g/mol. The highest BCUT2D eigenvalue weighted by Crippen LogP contribution is 2.29. The van der Waals surface area contributed by atoms with Gasteiger partial charge < -0.3 is 14.2 Å². The predicted octanol–water partition coefficient (Wildman–Crippen LogP) is 5.74. The van der Waals surface area contributed by atoms with E-state index in [1.54, 1.807) is 31.2 Å². The van der Waals surface area contributed by atoms with Crippen LogP contribution in [0.2, 0.25) is 0 Å². The summed E-state index contributed by atoms with van der Waals surface area (Å²) < 4.78 is 54.4. The van der Waals surface area contributed by atoms with Crippen molar-refractivity contribution < 1.29 is 27.4 Å². The molecule has 0 aliphatic rings. The first-order valence-corrected chi connectivity index (χ1v) is 8.56. The molecule has 4 nitrogen and oxygen atoms in total. The highest BCUT2D eigenvalue weighted by atomic mass is 19.4. The second kappa shape index (κ2) is 8.65. The first-order chi connectivity index (χ1) is 13.4. The van der Waals surface area contributed by atoms with Crippen molar-refractivity contribution in [2.75, 3.05) is 6.61 Å². The third-order valence-corrected chi connectivity index (χ3v) is 3.67.